The summed E-state index contributed by atoms with van der Waals surface area (Å²) in [6, 6.07) is 12.0. The van der Waals surface area contributed by atoms with Crippen molar-refractivity contribution in [1.82, 2.24) is 9.78 Å². The van der Waals surface area contributed by atoms with E-state index in [1.807, 2.05) is 49.7 Å². The Hall–Kier alpha value is -1.94. The molecule has 0 bridgehead atoms. The number of hydrogen-bond acceptors (Lipinski definition) is 3. The molecule has 18 heavy (non-hydrogen) atoms. The van der Waals surface area contributed by atoms with Crippen LogP contribution in [0.1, 0.15) is 17.4 Å². The first-order valence-corrected chi connectivity index (χ1v) is 5.87. The minimum absolute atomic E-state index is 0.00400. The summed E-state index contributed by atoms with van der Waals surface area (Å²) in [5, 5.41) is 4.09. The monoisotopic (exact) mass is 243 g/mol. The summed E-state index contributed by atoms with van der Waals surface area (Å²) in [6.45, 7) is 0.603. The molecule has 4 heteroatoms. The van der Waals surface area contributed by atoms with E-state index in [1.54, 1.807) is 18.0 Å². The van der Waals surface area contributed by atoms with Crippen molar-refractivity contribution in [2.24, 2.45) is 12.0 Å². The summed E-state index contributed by atoms with van der Waals surface area (Å²) < 4.78 is 7.24. The first-order valence-electron chi connectivity index (χ1n) is 5.87. The van der Waals surface area contributed by atoms with Gasteiger partial charge < -0.3 is 4.74 Å². The summed E-state index contributed by atoms with van der Waals surface area (Å²) in [7, 11) is 3.60. The zero-order valence-electron chi connectivity index (χ0n) is 10.7. The number of aromatic nitrogens is 2. The van der Waals surface area contributed by atoms with Gasteiger partial charge in [0.1, 0.15) is 6.10 Å². The van der Waals surface area contributed by atoms with Gasteiger partial charge in [0.05, 0.1) is 12.2 Å². The minimum atomic E-state index is -0.00400. The molecule has 2 rings (SSSR count). The molecule has 0 N–H and O–H groups in total. The second-order valence-electron chi connectivity index (χ2n) is 4.01. The van der Waals surface area contributed by atoms with Gasteiger partial charge in [0, 0.05) is 26.6 Å². The molecular formula is C14H17N3O. The van der Waals surface area contributed by atoms with Crippen molar-refractivity contribution in [3.63, 3.8) is 0 Å². The molecule has 0 amide bonds. The van der Waals surface area contributed by atoms with Crippen LogP contribution in [0.2, 0.25) is 0 Å². The Kier molecular flexibility index (Phi) is 4.25. The van der Waals surface area contributed by atoms with E-state index in [4.69, 9.17) is 4.74 Å². The van der Waals surface area contributed by atoms with E-state index in [2.05, 4.69) is 10.1 Å². The third-order valence-corrected chi connectivity index (χ3v) is 2.81. The quantitative estimate of drug-likeness (QED) is 0.755. The highest BCUT2D eigenvalue weighted by Crippen LogP contribution is 2.16. The van der Waals surface area contributed by atoms with Gasteiger partial charge in [-0.2, -0.15) is 5.10 Å². The molecule has 0 saturated carbocycles. The van der Waals surface area contributed by atoms with Gasteiger partial charge in [-0.15, -0.1) is 0 Å². The van der Waals surface area contributed by atoms with Gasteiger partial charge >= 0.3 is 0 Å². The number of nitrogens with zero attached hydrogens (tertiary/aromatic N) is 3. The standard InChI is InChI=1S/C14H17N3O/c1-17-13(8-9-16-17)10-15-11-14(18-2)12-6-4-3-5-7-12/h3-10,14H,11H2,1-2H3. The van der Waals surface area contributed by atoms with Crippen molar-refractivity contribution in [3.8, 4) is 0 Å². The van der Waals surface area contributed by atoms with Gasteiger partial charge in [-0.05, 0) is 11.6 Å². The third-order valence-electron chi connectivity index (χ3n) is 2.81. The highest BCUT2D eigenvalue weighted by molar-refractivity contribution is 5.76. The van der Waals surface area contributed by atoms with Crippen LogP contribution in [0.4, 0.5) is 0 Å². The summed E-state index contributed by atoms with van der Waals surface area (Å²) in [4.78, 5) is 4.41. The van der Waals surface area contributed by atoms with E-state index in [-0.39, 0.29) is 6.10 Å². The molecule has 0 radical (unpaired) electrons. The predicted molar refractivity (Wildman–Crippen MR) is 71.9 cm³/mol. The van der Waals surface area contributed by atoms with Gasteiger partial charge in [-0.3, -0.25) is 9.67 Å². The molecule has 0 aliphatic rings. The molecule has 0 fully saturated rings. The fourth-order valence-corrected chi connectivity index (χ4v) is 1.74. The molecule has 1 aromatic carbocycles. The van der Waals surface area contributed by atoms with Gasteiger partial charge in [-0.25, -0.2) is 0 Å². The van der Waals surface area contributed by atoms with Crippen molar-refractivity contribution < 1.29 is 4.74 Å². The van der Waals surface area contributed by atoms with E-state index in [0.717, 1.165) is 11.3 Å². The van der Waals surface area contributed by atoms with Crippen LogP contribution in [0.25, 0.3) is 0 Å². The SMILES string of the molecule is COC(CN=Cc1ccnn1C)c1ccccc1. The number of aryl methyl sites for hydroxylation is 1. The van der Waals surface area contributed by atoms with Crippen molar-refractivity contribution >= 4 is 6.21 Å². The highest BCUT2D eigenvalue weighted by Gasteiger charge is 2.08. The molecule has 4 nitrogen and oxygen atoms in total. The smallest absolute Gasteiger partial charge is 0.102 e. The zero-order chi connectivity index (χ0) is 12.8. The summed E-state index contributed by atoms with van der Waals surface area (Å²) >= 11 is 0. The van der Waals surface area contributed by atoms with Crippen LogP contribution in [-0.4, -0.2) is 29.6 Å². The molecule has 1 unspecified atom stereocenters. The van der Waals surface area contributed by atoms with E-state index < -0.39 is 0 Å². The third kappa shape index (κ3) is 3.05. The Labute approximate surface area is 107 Å². The average Bonchev–Trinajstić information content (AvgIpc) is 2.81. The van der Waals surface area contributed by atoms with Gasteiger partial charge in [-0.1, -0.05) is 30.3 Å². The molecule has 0 aliphatic heterocycles. The molecule has 1 atom stereocenters. The molecule has 0 aliphatic carbocycles. The number of benzene rings is 1. The minimum Gasteiger partial charge on any atom is -0.375 e. The van der Waals surface area contributed by atoms with Crippen LogP contribution >= 0.6 is 0 Å². The molecule has 0 spiro atoms. The Morgan fingerprint density at radius 1 is 1.33 bits per heavy atom. The Bertz CT molecular complexity index is 505. The Morgan fingerprint density at radius 2 is 2.11 bits per heavy atom. The van der Waals surface area contributed by atoms with Crippen LogP contribution in [0.3, 0.4) is 0 Å². The number of rotatable bonds is 5. The predicted octanol–water partition coefficient (Wildman–Crippen LogP) is 2.23. The van der Waals surface area contributed by atoms with Gasteiger partial charge in [0.2, 0.25) is 0 Å². The lowest BCUT2D eigenvalue weighted by atomic mass is 10.1. The van der Waals surface area contributed by atoms with Crippen molar-refractivity contribution in [1.29, 1.82) is 0 Å². The number of ether oxygens (including phenoxy) is 1. The summed E-state index contributed by atoms with van der Waals surface area (Å²) in [5.41, 5.74) is 2.13. The number of aliphatic imine (C=N–C) groups is 1. The van der Waals surface area contributed by atoms with E-state index >= 15 is 0 Å². The largest absolute Gasteiger partial charge is 0.375 e. The van der Waals surface area contributed by atoms with Crippen molar-refractivity contribution in [2.75, 3.05) is 13.7 Å². The zero-order valence-corrected chi connectivity index (χ0v) is 10.7. The van der Waals surface area contributed by atoms with E-state index in [1.165, 1.54) is 0 Å². The second kappa shape index (κ2) is 6.12. The van der Waals surface area contributed by atoms with Crippen molar-refractivity contribution in [2.45, 2.75) is 6.10 Å². The van der Waals surface area contributed by atoms with Crippen LogP contribution in [-0.2, 0) is 11.8 Å². The lowest BCUT2D eigenvalue weighted by Gasteiger charge is -2.12. The Balaban J connectivity index is 2.00. The molecule has 94 valence electrons. The fraction of sp³-hybridized carbons (Fsp3) is 0.286. The average molecular weight is 243 g/mol. The maximum atomic E-state index is 5.45. The second-order valence-corrected chi connectivity index (χ2v) is 4.01. The maximum absolute atomic E-state index is 5.45. The lowest BCUT2D eigenvalue weighted by Crippen LogP contribution is -2.06. The van der Waals surface area contributed by atoms with E-state index in [9.17, 15) is 0 Å². The first kappa shape index (κ1) is 12.5. The molecule has 2 aromatic rings. The molecule has 0 saturated heterocycles. The van der Waals surface area contributed by atoms with Crippen LogP contribution in [0.15, 0.2) is 47.6 Å². The maximum Gasteiger partial charge on any atom is 0.102 e. The molecule has 1 aromatic heterocycles. The van der Waals surface area contributed by atoms with Gasteiger partial charge in [0.15, 0.2) is 0 Å². The summed E-state index contributed by atoms with van der Waals surface area (Å²) in [5.74, 6) is 0. The Morgan fingerprint density at radius 3 is 2.72 bits per heavy atom. The number of hydrogen-bond donors (Lipinski definition) is 0. The van der Waals surface area contributed by atoms with Crippen LogP contribution in [0.5, 0.6) is 0 Å². The first-order chi connectivity index (χ1) is 8.81. The van der Waals surface area contributed by atoms with Crippen LogP contribution < -0.4 is 0 Å². The highest BCUT2D eigenvalue weighted by atomic mass is 16.5. The topological polar surface area (TPSA) is 39.4 Å². The fourth-order valence-electron chi connectivity index (χ4n) is 1.74. The molecular weight excluding hydrogens is 226 g/mol. The lowest BCUT2D eigenvalue weighted by molar-refractivity contribution is 0.111. The normalized spacial score (nSPS) is 13.0. The van der Waals surface area contributed by atoms with E-state index in [0.29, 0.717) is 6.54 Å². The summed E-state index contributed by atoms with van der Waals surface area (Å²) in [6.07, 6.45) is 3.57. The van der Waals surface area contributed by atoms with Crippen molar-refractivity contribution in [3.05, 3.63) is 53.9 Å². The van der Waals surface area contributed by atoms with Crippen LogP contribution in [0, 0.1) is 0 Å². The van der Waals surface area contributed by atoms with Gasteiger partial charge in [0.25, 0.3) is 0 Å². The molecule has 1 heterocycles. The number of methoxy groups -OCH3 is 1.